The van der Waals surface area contributed by atoms with Gasteiger partial charge in [0.05, 0.1) is 7.11 Å². The molecule has 1 fully saturated rings. The number of ether oxygens (including phenoxy) is 2. The molecular formula is C18H18ClN3O2. The molecule has 0 bridgehead atoms. The lowest BCUT2D eigenvalue weighted by Crippen LogP contribution is -2.00. The molecule has 0 amide bonds. The summed E-state index contributed by atoms with van der Waals surface area (Å²) in [6.45, 7) is 0.413. The SMILES string of the molecule is COc1cccc(COc2ccn3c(CC4CC4)nnc3c2Cl)c1. The van der Waals surface area contributed by atoms with E-state index in [4.69, 9.17) is 21.1 Å². The molecule has 1 aliphatic carbocycles. The van der Waals surface area contributed by atoms with Crippen molar-refractivity contribution in [2.24, 2.45) is 5.92 Å². The van der Waals surface area contributed by atoms with Crippen LogP contribution < -0.4 is 9.47 Å². The Hall–Kier alpha value is -2.27. The van der Waals surface area contributed by atoms with Crippen LogP contribution in [0.25, 0.3) is 5.65 Å². The van der Waals surface area contributed by atoms with E-state index in [0.29, 0.717) is 23.0 Å². The Balaban J connectivity index is 1.54. The maximum Gasteiger partial charge on any atom is 0.183 e. The first-order valence-electron chi connectivity index (χ1n) is 8.02. The van der Waals surface area contributed by atoms with Crippen LogP contribution in [0.3, 0.4) is 0 Å². The van der Waals surface area contributed by atoms with E-state index >= 15 is 0 Å². The standard InChI is InChI=1S/C18H18ClN3O2/c1-23-14-4-2-3-13(9-14)11-24-15-7-8-22-16(10-12-5-6-12)20-21-18(22)17(15)19/h2-4,7-9,12H,5-6,10-11H2,1H3. The summed E-state index contributed by atoms with van der Waals surface area (Å²) >= 11 is 6.46. The zero-order chi connectivity index (χ0) is 16.5. The molecule has 124 valence electrons. The van der Waals surface area contributed by atoms with E-state index in [9.17, 15) is 0 Å². The molecule has 0 aliphatic heterocycles. The smallest absolute Gasteiger partial charge is 0.183 e. The molecule has 4 rings (SSSR count). The van der Waals surface area contributed by atoms with Crippen LogP contribution >= 0.6 is 11.6 Å². The lowest BCUT2D eigenvalue weighted by Gasteiger charge is -2.10. The number of hydrogen-bond donors (Lipinski definition) is 0. The van der Waals surface area contributed by atoms with Crippen molar-refractivity contribution >= 4 is 17.2 Å². The summed E-state index contributed by atoms with van der Waals surface area (Å²) in [4.78, 5) is 0. The minimum absolute atomic E-state index is 0.413. The zero-order valence-electron chi connectivity index (χ0n) is 13.4. The molecule has 6 heteroatoms. The predicted molar refractivity (Wildman–Crippen MR) is 91.8 cm³/mol. The number of benzene rings is 1. The predicted octanol–water partition coefficient (Wildman–Crippen LogP) is 3.92. The third kappa shape index (κ3) is 3.04. The summed E-state index contributed by atoms with van der Waals surface area (Å²) in [5, 5.41) is 8.99. The monoisotopic (exact) mass is 343 g/mol. The second-order valence-corrected chi connectivity index (χ2v) is 6.47. The number of hydrogen-bond acceptors (Lipinski definition) is 4. The summed E-state index contributed by atoms with van der Waals surface area (Å²) in [6, 6.07) is 9.64. The molecule has 1 aliphatic rings. The van der Waals surface area contributed by atoms with Crippen LogP contribution in [0, 0.1) is 5.92 Å². The zero-order valence-corrected chi connectivity index (χ0v) is 14.2. The third-order valence-corrected chi connectivity index (χ3v) is 4.61. The fraction of sp³-hybridized carbons (Fsp3) is 0.333. The van der Waals surface area contributed by atoms with Crippen molar-refractivity contribution in [1.29, 1.82) is 0 Å². The largest absolute Gasteiger partial charge is 0.497 e. The van der Waals surface area contributed by atoms with Gasteiger partial charge in [0.1, 0.15) is 29.0 Å². The van der Waals surface area contributed by atoms with Gasteiger partial charge >= 0.3 is 0 Å². The van der Waals surface area contributed by atoms with Crippen LogP contribution in [0.1, 0.15) is 24.2 Å². The first kappa shape index (κ1) is 15.3. The van der Waals surface area contributed by atoms with E-state index in [0.717, 1.165) is 29.5 Å². The van der Waals surface area contributed by atoms with Gasteiger partial charge in [0.25, 0.3) is 0 Å². The molecule has 0 N–H and O–H groups in total. The average Bonchev–Trinajstić information content (AvgIpc) is 3.33. The van der Waals surface area contributed by atoms with E-state index in [1.54, 1.807) is 7.11 Å². The van der Waals surface area contributed by atoms with Crippen LogP contribution in [0.2, 0.25) is 5.02 Å². The van der Waals surface area contributed by atoms with Crippen molar-refractivity contribution < 1.29 is 9.47 Å². The maximum absolute atomic E-state index is 6.46. The van der Waals surface area contributed by atoms with Gasteiger partial charge in [0.15, 0.2) is 5.65 Å². The maximum atomic E-state index is 6.46. The van der Waals surface area contributed by atoms with E-state index in [1.807, 2.05) is 40.9 Å². The van der Waals surface area contributed by atoms with Crippen molar-refractivity contribution in [2.45, 2.75) is 25.9 Å². The molecule has 0 saturated heterocycles. The van der Waals surface area contributed by atoms with Crippen molar-refractivity contribution in [3.8, 4) is 11.5 Å². The topological polar surface area (TPSA) is 48.7 Å². The van der Waals surface area contributed by atoms with Crippen molar-refractivity contribution in [3.05, 3.63) is 52.9 Å². The van der Waals surface area contributed by atoms with Crippen LogP contribution in [0.15, 0.2) is 36.5 Å². The highest BCUT2D eigenvalue weighted by atomic mass is 35.5. The molecule has 5 nitrogen and oxygen atoms in total. The van der Waals surface area contributed by atoms with Gasteiger partial charge in [-0.15, -0.1) is 10.2 Å². The molecule has 0 spiro atoms. The van der Waals surface area contributed by atoms with Gasteiger partial charge < -0.3 is 9.47 Å². The van der Waals surface area contributed by atoms with Crippen molar-refractivity contribution in [3.63, 3.8) is 0 Å². The quantitative estimate of drug-likeness (QED) is 0.680. The van der Waals surface area contributed by atoms with E-state index < -0.39 is 0 Å². The normalized spacial score (nSPS) is 14.1. The summed E-state index contributed by atoms with van der Waals surface area (Å²) in [7, 11) is 1.65. The van der Waals surface area contributed by atoms with Gasteiger partial charge in [-0.05, 0) is 42.5 Å². The number of nitrogens with zero attached hydrogens (tertiary/aromatic N) is 3. The number of methoxy groups -OCH3 is 1. The summed E-state index contributed by atoms with van der Waals surface area (Å²) in [6.07, 6.45) is 5.45. The molecule has 24 heavy (non-hydrogen) atoms. The van der Waals surface area contributed by atoms with Gasteiger partial charge in [0, 0.05) is 12.6 Å². The number of fused-ring (bicyclic) bond motifs is 1. The lowest BCUT2D eigenvalue weighted by atomic mass is 10.2. The number of aromatic nitrogens is 3. The second kappa shape index (κ2) is 6.32. The molecule has 1 saturated carbocycles. The summed E-state index contributed by atoms with van der Waals surface area (Å²) < 4.78 is 13.0. The van der Waals surface area contributed by atoms with Gasteiger partial charge in [-0.1, -0.05) is 23.7 Å². The number of pyridine rings is 1. The minimum atomic E-state index is 0.413. The molecular weight excluding hydrogens is 326 g/mol. The fourth-order valence-electron chi connectivity index (χ4n) is 2.71. The number of rotatable bonds is 6. The highest BCUT2D eigenvalue weighted by Crippen LogP contribution is 2.34. The first-order chi connectivity index (χ1) is 11.7. The average molecular weight is 344 g/mol. The van der Waals surface area contributed by atoms with E-state index in [2.05, 4.69) is 10.2 Å². The molecule has 3 aromatic rings. The Bertz CT molecular complexity index is 874. The molecule has 2 aromatic heterocycles. The Morgan fingerprint density at radius 3 is 2.92 bits per heavy atom. The van der Waals surface area contributed by atoms with Crippen molar-refractivity contribution in [1.82, 2.24) is 14.6 Å². The fourth-order valence-corrected chi connectivity index (χ4v) is 2.96. The van der Waals surface area contributed by atoms with E-state index in [1.165, 1.54) is 12.8 Å². The lowest BCUT2D eigenvalue weighted by molar-refractivity contribution is 0.305. The minimum Gasteiger partial charge on any atom is -0.497 e. The first-order valence-corrected chi connectivity index (χ1v) is 8.40. The second-order valence-electron chi connectivity index (χ2n) is 6.09. The molecule has 1 aromatic carbocycles. The Kier molecular flexibility index (Phi) is 4.02. The molecule has 2 heterocycles. The van der Waals surface area contributed by atoms with Gasteiger partial charge in [-0.25, -0.2) is 0 Å². The molecule has 0 unspecified atom stereocenters. The molecule has 0 atom stereocenters. The summed E-state index contributed by atoms with van der Waals surface area (Å²) in [5.41, 5.74) is 1.66. The highest BCUT2D eigenvalue weighted by Gasteiger charge is 2.24. The van der Waals surface area contributed by atoms with Gasteiger partial charge in [-0.3, -0.25) is 4.40 Å². The van der Waals surface area contributed by atoms with Crippen LogP contribution in [-0.2, 0) is 13.0 Å². The van der Waals surface area contributed by atoms with E-state index in [-0.39, 0.29) is 0 Å². The third-order valence-electron chi connectivity index (χ3n) is 4.25. The Labute approximate surface area is 145 Å². The van der Waals surface area contributed by atoms with Crippen LogP contribution in [0.4, 0.5) is 0 Å². The van der Waals surface area contributed by atoms with Gasteiger partial charge in [-0.2, -0.15) is 0 Å². The Morgan fingerprint density at radius 1 is 1.25 bits per heavy atom. The number of halogens is 1. The highest BCUT2D eigenvalue weighted by molar-refractivity contribution is 6.34. The van der Waals surface area contributed by atoms with Gasteiger partial charge in [0.2, 0.25) is 0 Å². The van der Waals surface area contributed by atoms with Crippen LogP contribution in [0.5, 0.6) is 11.5 Å². The Morgan fingerprint density at radius 2 is 2.12 bits per heavy atom. The molecule has 0 radical (unpaired) electrons. The van der Waals surface area contributed by atoms with Crippen LogP contribution in [-0.4, -0.2) is 21.7 Å². The van der Waals surface area contributed by atoms with Crippen molar-refractivity contribution in [2.75, 3.05) is 7.11 Å². The summed E-state index contributed by atoms with van der Waals surface area (Å²) in [5.74, 6) is 3.13.